The van der Waals surface area contributed by atoms with Crippen LogP contribution < -0.4 is 0 Å². The van der Waals surface area contributed by atoms with Crippen LogP contribution in [0.25, 0.3) is 10.9 Å². The highest BCUT2D eigenvalue weighted by Gasteiger charge is 2.56. The second kappa shape index (κ2) is 5.60. The number of H-pyrrole nitrogens is 1. The Morgan fingerprint density at radius 3 is 3.04 bits per heavy atom. The van der Waals surface area contributed by atoms with Crippen LogP contribution in [0, 0.1) is 5.92 Å². The Morgan fingerprint density at radius 2 is 2.25 bits per heavy atom. The molecule has 2 atom stereocenters. The lowest BCUT2D eigenvalue weighted by molar-refractivity contribution is -0.155. The van der Waals surface area contributed by atoms with Crippen molar-refractivity contribution in [3.8, 4) is 0 Å². The van der Waals surface area contributed by atoms with Gasteiger partial charge in [-0.25, -0.2) is 4.79 Å². The molecule has 4 rings (SSSR count). The number of fused-ring (bicyclic) bond motifs is 5. The quantitative estimate of drug-likeness (QED) is 0.534. The van der Waals surface area contributed by atoms with Gasteiger partial charge in [0.05, 0.1) is 7.11 Å². The van der Waals surface area contributed by atoms with Crippen LogP contribution in [0.1, 0.15) is 17.7 Å². The number of para-hydroxylation sites is 1. The maximum atomic E-state index is 12.9. The van der Waals surface area contributed by atoms with Crippen molar-refractivity contribution in [2.24, 2.45) is 5.92 Å². The molecule has 3 heterocycles. The van der Waals surface area contributed by atoms with Crippen LogP contribution in [0.15, 0.2) is 36.4 Å². The highest BCUT2D eigenvalue weighted by Crippen LogP contribution is 2.49. The van der Waals surface area contributed by atoms with Crippen LogP contribution in [0.3, 0.4) is 0 Å². The molecule has 2 aromatic rings. The van der Waals surface area contributed by atoms with E-state index in [4.69, 9.17) is 4.74 Å². The molecular formula is C19H20N2O3. The number of aromatic amines is 1. The maximum Gasteiger partial charge on any atom is 0.331 e. The van der Waals surface area contributed by atoms with Crippen molar-refractivity contribution in [2.75, 3.05) is 20.2 Å². The number of aldehydes is 1. The minimum Gasteiger partial charge on any atom is -0.467 e. The van der Waals surface area contributed by atoms with Gasteiger partial charge in [0.15, 0.2) is 0 Å². The zero-order valence-corrected chi connectivity index (χ0v) is 13.6. The Hall–Kier alpha value is -2.40. The van der Waals surface area contributed by atoms with Gasteiger partial charge < -0.3 is 9.72 Å². The number of allylic oxidation sites excluding steroid dienone is 1. The summed E-state index contributed by atoms with van der Waals surface area (Å²) in [4.78, 5) is 29.3. The normalized spacial score (nSPS) is 26.5. The summed E-state index contributed by atoms with van der Waals surface area (Å²) in [5.41, 5.74) is 2.47. The fourth-order valence-electron chi connectivity index (χ4n) is 4.47. The molecule has 1 saturated heterocycles. The Morgan fingerprint density at radius 1 is 1.42 bits per heavy atom. The van der Waals surface area contributed by atoms with Crippen LogP contribution in [-0.2, 0) is 26.3 Å². The predicted octanol–water partition coefficient (Wildman–Crippen LogP) is 2.17. The average molecular weight is 324 g/mol. The molecule has 1 aromatic carbocycles. The molecule has 24 heavy (non-hydrogen) atoms. The SMILES string of the molecule is COC(=O)[C@]12C[C@H](/C=C\C=O)CN1CCc1[nH]c3ccccc3c12. The summed E-state index contributed by atoms with van der Waals surface area (Å²) in [5.74, 6) is -0.0517. The fraction of sp³-hybridized carbons (Fsp3) is 0.368. The van der Waals surface area contributed by atoms with Gasteiger partial charge in [-0.05, 0) is 24.5 Å². The summed E-state index contributed by atoms with van der Waals surface area (Å²) >= 11 is 0. The number of esters is 1. The van der Waals surface area contributed by atoms with Gasteiger partial charge in [-0.2, -0.15) is 0 Å². The number of benzene rings is 1. The van der Waals surface area contributed by atoms with Crippen molar-refractivity contribution in [3.05, 3.63) is 47.7 Å². The maximum absolute atomic E-state index is 12.9. The standard InChI is InChI=1S/C19H20N2O3/c1-24-18(23)19-11-13(5-4-10-22)12-21(19)9-8-16-17(19)14-6-2-3-7-15(14)20-16/h2-7,10,13,20H,8-9,11-12H2,1H3/b5-4-/t13-,19+/m0/s1. The largest absolute Gasteiger partial charge is 0.467 e. The summed E-state index contributed by atoms with van der Waals surface area (Å²) in [5, 5.41) is 1.09. The zero-order valence-electron chi connectivity index (χ0n) is 13.6. The first-order chi connectivity index (χ1) is 11.7. The Labute approximate surface area is 140 Å². The van der Waals surface area contributed by atoms with E-state index in [1.807, 2.05) is 24.3 Å². The van der Waals surface area contributed by atoms with Gasteiger partial charge >= 0.3 is 5.97 Å². The Kier molecular flexibility index (Phi) is 3.53. The van der Waals surface area contributed by atoms with Crippen LogP contribution in [0.4, 0.5) is 0 Å². The molecule has 2 aliphatic rings. The molecule has 0 unspecified atom stereocenters. The number of ether oxygens (including phenoxy) is 1. The molecule has 0 aliphatic carbocycles. The number of rotatable bonds is 3. The molecular weight excluding hydrogens is 304 g/mol. The lowest BCUT2D eigenvalue weighted by Crippen LogP contribution is -2.52. The van der Waals surface area contributed by atoms with Crippen molar-refractivity contribution >= 4 is 23.2 Å². The van der Waals surface area contributed by atoms with E-state index in [-0.39, 0.29) is 11.9 Å². The summed E-state index contributed by atoms with van der Waals surface area (Å²) in [6.07, 6.45) is 5.75. The van der Waals surface area contributed by atoms with Crippen molar-refractivity contribution in [3.63, 3.8) is 0 Å². The molecule has 5 heteroatoms. The Balaban J connectivity index is 1.92. The topological polar surface area (TPSA) is 62.4 Å². The molecule has 1 aromatic heterocycles. The monoisotopic (exact) mass is 324 g/mol. The highest BCUT2D eigenvalue weighted by atomic mass is 16.5. The number of nitrogens with one attached hydrogen (secondary N) is 1. The van der Waals surface area contributed by atoms with Crippen LogP contribution in [0.5, 0.6) is 0 Å². The van der Waals surface area contributed by atoms with Crippen molar-refractivity contribution in [2.45, 2.75) is 18.4 Å². The number of nitrogens with zero attached hydrogens (tertiary/aromatic N) is 1. The highest BCUT2D eigenvalue weighted by molar-refractivity contribution is 5.94. The number of carbonyl (C=O) groups is 2. The van der Waals surface area contributed by atoms with Gasteiger partial charge in [0.2, 0.25) is 0 Å². The smallest absolute Gasteiger partial charge is 0.331 e. The van der Waals surface area contributed by atoms with Crippen LogP contribution >= 0.6 is 0 Å². The third-order valence-electron chi connectivity index (χ3n) is 5.37. The molecule has 0 saturated carbocycles. The number of hydrogen-bond donors (Lipinski definition) is 1. The molecule has 2 aliphatic heterocycles. The summed E-state index contributed by atoms with van der Waals surface area (Å²) in [6.45, 7) is 1.57. The van der Waals surface area contributed by atoms with Crippen molar-refractivity contribution in [1.82, 2.24) is 9.88 Å². The molecule has 0 bridgehead atoms. The number of methoxy groups -OCH3 is 1. The van der Waals surface area contributed by atoms with E-state index in [0.717, 1.165) is 48.0 Å². The molecule has 0 amide bonds. The molecule has 1 N–H and O–H groups in total. The van der Waals surface area contributed by atoms with Crippen LogP contribution in [0.2, 0.25) is 0 Å². The van der Waals surface area contributed by atoms with Crippen molar-refractivity contribution in [1.29, 1.82) is 0 Å². The zero-order chi connectivity index (χ0) is 16.7. The van der Waals surface area contributed by atoms with E-state index >= 15 is 0 Å². The third-order valence-corrected chi connectivity index (χ3v) is 5.37. The first-order valence-electron chi connectivity index (χ1n) is 8.26. The Bertz CT molecular complexity index is 838. The lowest BCUT2D eigenvalue weighted by Gasteiger charge is -2.40. The van der Waals surface area contributed by atoms with E-state index in [2.05, 4.69) is 16.0 Å². The molecule has 5 nitrogen and oxygen atoms in total. The van der Waals surface area contributed by atoms with Gasteiger partial charge in [-0.15, -0.1) is 0 Å². The van der Waals surface area contributed by atoms with Gasteiger partial charge in [0.25, 0.3) is 0 Å². The van der Waals surface area contributed by atoms with E-state index < -0.39 is 5.54 Å². The molecule has 124 valence electrons. The molecule has 0 spiro atoms. The second-order valence-corrected chi connectivity index (χ2v) is 6.56. The van der Waals surface area contributed by atoms with E-state index in [1.165, 1.54) is 13.2 Å². The minimum absolute atomic E-state index is 0.161. The lowest BCUT2D eigenvalue weighted by atomic mass is 9.80. The first-order valence-corrected chi connectivity index (χ1v) is 8.26. The average Bonchev–Trinajstić information content (AvgIpc) is 3.17. The number of hydrogen-bond acceptors (Lipinski definition) is 4. The number of aromatic nitrogens is 1. The summed E-state index contributed by atoms with van der Waals surface area (Å²) in [6, 6.07) is 8.10. The predicted molar refractivity (Wildman–Crippen MR) is 90.6 cm³/mol. The van der Waals surface area contributed by atoms with Gasteiger partial charge in [0, 0.05) is 41.7 Å². The second-order valence-electron chi connectivity index (χ2n) is 6.56. The van der Waals surface area contributed by atoms with Crippen LogP contribution in [-0.4, -0.2) is 42.3 Å². The summed E-state index contributed by atoms with van der Waals surface area (Å²) < 4.78 is 5.23. The van der Waals surface area contributed by atoms with E-state index in [1.54, 1.807) is 0 Å². The minimum atomic E-state index is -0.764. The van der Waals surface area contributed by atoms with Gasteiger partial charge in [-0.1, -0.05) is 24.3 Å². The fourth-order valence-corrected chi connectivity index (χ4v) is 4.47. The van der Waals surface area contributed by atoms with Crippen molar-refractivity contribution < 1.29 is 14.3 Å². The summed E-state index contributed by atoms with van der Waals surface area (Å²) in [7, 11) is 1.45. The first kappa shape index (κ1) is 15.1. The van der Waals surface area contributed by atoms with E-state index in [9.17, 15) is 9.59 Å². The number of carbonyl (C=O) groups excluding carboxylic acids is 2. The molecule has 1 fully saturated rings. The van der Waals surface area contributed by atoms with E-state index in [0.29, 0.717) is 6.42 Å². The van der Waals surface area contributed by atoms with Gasteiger partial charge in [-0.3, -0.25) is 9.69 Å². The molecule has 0 radical (unpaired) electrons. The van der Waals surface area contributed by atoms with Gasteiger partial charge in [0.1, 0.15) is 11.8 Å². The third kappa shape index (κ3) is 1.97.